The van der Waals surface area contributed by atoms with Gasteiger partial charge in [0, 0.05) is 5.69 Å². The standard InChI is InChI=1S/C22H18N6O16S5/c23-10-1-3-14(46(33,34)35)12(7-10)25-28-21-17(49(42,43)44)6-9-5-16(48(39,40)41)20(19(24)18(9)22(21)29)27-26-13-8-11(45(30,31)32)2-4-15(13)47(36,37)38/h1-8,29H,23-24H2,(H,30,31,32)(H,33,34,35)(H,36,37,38)(H,39,40,41)(H,42,43,44)/b27-26+,28-25+. The highest BCUT2D eigenvalue weighted by molar-refractivity contribution is 7.87. The molecule has 0 saturated heterocycles. The maximum Gasteiger partial charge on any atom is 0.296 e. The minimum atomic E-state index is -5.43. The number of hydrogen-bond donors (Lipinski definition) is 8. The van der Waals surface area contributed by atoms with Gasteiger partial charge in [0.2, 0.25) is 0 Å². The zero-order valence-electron chi connectivity index (χ0n) is 23.4. The number of nitrogens with zero attached hydrogens (tertiary/aromatic N) is 4. The lowest BCUT2D eigenvalue weighted by atomic mass is 10.1. The Morgan fingerprint density at radius 2 is 0.918 bits per heavy atom. The molecule has 49 heavy (non-hydrogen) atoms. The third-order valence-corrected chi connectivity index (χ3v) is 10.5. The van der Waals surface area contributed by atoms with Crippen molar-refractivity contribution < 1.29 is 70.0 Å². The van der Waals surface area contributed by atoms with Crippen molar-refractivity contribution >= 4 is 95.5 Å². The molecule has 0 atom stereocenters. The van der Waals surface area contributed by atoms with E-state index in [0.29, 0.717) is 30.3 Å². The Bertz CT molecular complexity index is 2710. The average molecular weight is 783 g/mol. The van der Waals surface area contributed by atoms with Crippen molar-refractivity contribution in [3.63, 3.8) is 0 Å². The van der Waals surface area contributed by atoms with Crippen molar-refractivity contribution in [1.29, 1.82) is 0 Å². The molecule has 27 heteroatoms. The second kappa shape index (κ2) is 12.3. The third-order valence-electron chi connectivity index (χ3n) is 6.15. The van der Waals surface area contributed by atoms with Crippen LogP contribution in [0, 0.1) is 0 Å². The summed E-state index contributed by atoms with van der Waals surface area (Å²) in [6, 6.07) is 5.06. The van der Waals surface area contributed by atoms with E-state index in [-0.39, 0.29) is 5.69 Å². The predicted octanol–water partition coefficient (Wildman–Crippen LogP) is 2.77. The van der Waals surface area contributed by atoms with Crippen molar-refractivity contribution in [2.45, 2.75) is 24.5 Å². The van der Waals surface area contributed by atoms with Gasteiger partial charge < -0.3 is 16.6 Å². The van der Waals surface area contributed by atoms with Gasteiger partial charge in [0.25, 0.3) is 50.6 Å². The van der Waals surface area contributed by atoms with Gasteiger partial charge >= 0.3 is 0 Å². The summed E-state index contributed by atoms with van der Waals surface area (Å²) in [7, 11) is -26.0. The van der Waals surface area contributed by atoms with Crippen LogP contribution in [0.1, 0.15) is 0 Å². The second-order valence-electron chi connectivity index (χ2n) is 9.44. The van der Waals surface area contributed by atoms with E-state index in [1.807, 2.05) is 0 Å². The first-order valence-electron chi connectivity index (χ1n) is 12.1. The smallest absolute Gasteiger partial charge is 0.296 e. The molecule has 10 N–H and O–H groups in total. The Hall–Kier alpha value is -4.71. The van der Waals surface area contributed by atoms with E-state index in [2.05, 4.69) is 20.5 Å². The van der Waals surface area contributed by atoms with Crippen LogP contribution in [0.2, 0.25) is 0 Å². The van der Waals surface area contributed by atoms with E-state index >= 15 is 0 Å². The lowest BCUT2D eigenvalue weighted by Crippen LogP contribution is -2.04. The van der Waals surface area contributed by atoms with Crippen LogP contribution in [-0.2, 0) is 50.6 Å². The number of fused-ring (bicyclic) bond motifs is 1. The molecule has 0 aliphatic heterocycles. The Morgan fingerprint density at radius 1 is 0.490 bits per heavy atom. The van der Waals surface area contributed by atoms with Gasteiger partial charge in [-0.1, -0.05) is 0 Å². The number of aromatic hydroxyl groups is 1. The maximum atomic E-state index is 12.3. The molecule has 0 aliphatic rings. The molecule has 4 aromatic rings. The Kier molecular flexibility index (Phi) is 9.33. The van der Waals surface area contributed by atoms with Crippen LogP contribution in [0.4, 0.5) is 34.1 Å². The van der Waals surface area contributed by atoms with Gasteiger partial charge in [0.1, 0.15) is 42.3 Å². The van der Waals surface area contributed by atoms with Crippen LogP contribution >= 0.6 is 0 Å². The van der Waals surface area contributed by atoms with E-state index in [1.54, 1.807) is 0 Å². The average Bonchev–Trinajstić information content (AvgIpc) is 2.92. The Morgan fingerprint density at radius 3 is 1.39 bits per heavy atom. The van der Waals surface area contributed by atoms with Crippen LogP contribution < -0.4 is 11.5 Å². The van der Waals surface area contributed by atoms with Crippen molar-refractivity contribution in [3.05, 3.63) is 48.5 Å². The zero-order valence-corrected chi connectivity index (χ0v) is 27.5. The van der Waals surface area contributed by atoms with E-state index < -0.39 is 120 Å². The Labute approximate surface area is 275 Å². The number of nitrogen functional groups attached to an aromatic ring is 2. The topological polar surface area (TPSA) is 394 Å². The van der Waals surface area contributed by atoms with Crippen molar-refractivity contribution in [2.24, 2.45) is 20.5 Å². The molecule has 0 spiro atoms. The molecule has 0 fully saturated rings. The summed E-state index contributed by atoms with van der Waals surface area (Å²) in [5, 5.41) is 23.5. The van der Waals surface area contributed by atoms with Gasteiger partial charge in [-0.25, -0.2) is 0 Å². The molecule has 262 valence electrons. The third kappa shape index (κ3) is 7.80. The maximum absolute atomic E-state index is 12.3. The fourth-order valence-corrected chi connectivity index (χ4v) is 7.13. The second-order valence-corrected chi connectivity index (χ2v) is 16.4. The predicted molar refractivity (Wildman–Crippen MR) is 165 cm³/mol. The summed E-state index contributed by atoms with van der Waals surface area (Å²) in [6.07, 6.45) is 0. The molecular formula is C22H18N6O16S5. The molecular weight excluding hydrogens is 765 g/mol. The summed E-state index contributed by atoms with van der Waals surface area (Å²) >= 11 is 0. The summed E-state index contributed by atoms with van der Waals surface area (Å²) in [6.45, 7) is 0. The first kappa shape index (κ1) is 37.1. The molecule has 0 heterocycles. The minimum Gasteiger partial charge on any atom is -0.505 e. The number of nitrogens with two attached hydrogens (primary N) is 2. The van der Waals surface area contributed by atoms with E-state index in [1.165, 1.54) is 0 Å². The van der Waals surface area contributed by atoms with E-state index in [4.69, 9.17) is 11.5 Å². The minimum absolute atomic E-state index is 0.129. The number of phenolic OH excluding ortho intramolecular Hbond substituents is 1. The SMILES string of the molecule is Nc1ccc(S(=O)(=O)O)c(/N=N/c2c(S(=O)(=O)O)cc3cc(S(=O)(=O)O)c(/N=N/c4cc(S(=O)(=O)O)ccc4S(=O)(=O)O)c(N)c3c2O)c1. The quantitative estimate of drug-likeness (QED) is 0.0687. The molecule has 4 rings (SSSR count). The van der Waals surface area contributed by atoms with Crippen LogP contribution in [0.5, 0.6) is 5.75 Å². The summed E-state index contributed by atoms with van der Waals surface area (Å²) in [5.74, 6) is -1.31. The van der Waals surface area contributed by atoms with Gasteiger partial charge in [-0.3, -0.25) is 22.8 Å². The normalized spacial score (nSPS) is 13.5. The Balaban J connectivity index is 2.11. The van der Waals surface area contributed by atoms with Gasteiger partial charge in [-0.2, -0.15) is 42.1 Å². The van der Waals surface area contributed by atoms with Crippen molar-refractivity contribution in [3.8, 4) is 5.75 Å². The number of rotatable bonds is 9. The number of hydrogen-bond acceptors (Lipinski definition) is 17. The largest absolute Gasteiger partial charge is 0.505 e. The lowest BCUT2D eigenvalue weighted by Gasteiger charge is -2.14. The molecule has 22 nitrogen and oxygen atoms in total. The van der Waals surface area contributed by atoms with Crippen LogP contribution in [-0.4, -0.2) is 70.0 Å². The van der Waals surface area contributed by atoms with Crippen LogP contribution in [0.25, 0.3) is 10.8 Å². The number of anilines is 2. The monoisotopic (exact) mass is 782 g/mol. The molecule has 0 bridgehead atoms. The van der Waals surface area contributed by atoms with Gasteiger partial charge in [-0.05, 0) is 53.9 Å². The summed E-state index contributed by atoms with van der Waals surface area (Å²) in [4.78, 5) is -5.55. The fraction of sp³-hybridized carbons (Fsp3) is 0. The molecule has 0 unspecified atom stereocenters. The molecule has 0 saturated carbocycles. The molecule has 4 aromatic carbocycles. The number of phenols is 1. The van der Waals surface area contributed by atoms with E-state index in [0.717, 1.165) is 18.2 Å². The van der Waals surface area contributed by atoms with Crippen molar-refractivity contribution in [2.75, 3.05) is 11.5 Å². The van der Waals surface area contributed by atoms with Crippen LogP contribution in [0.3, 0.4) is 0 Å². The zero-order chi connectivity index (χ0) is 37.1. The van der Waals surface area contributed by atoms with Gasteiger partial charge in [-0.15, -0.1) is 20.5 Å². The van der Waals surface area contributed by atoms with E-state index in [9.17, 15) is 70.0 Å². The summed E-state index contributed by atoms with van der Waals surface area (Å²) < 4.78 is 168. The molecule has 0 amide bonds. The number of azo groups is 2. The lowest BCUT2D eigenvalue weighted by molar-refractivity contribution is 0.472. The van der Waals surface area contributed by atoms with Crippen molar-refractivity contribution in [1.82, 2.24) is 0 Å². The highest BCUT2D eigenvalue weighted by Gasteiger charge is 2.29. The van der Waals surface area contributed by atoms with Gasteiger partial charge in [0.05, 0.1) is 16.0 Å². The highest BCUT2D eigenvalue weighted by Crippen LogP contribution is 2.48. The highest BCUT2D eigenvalue weighted by atomic mass is 32.2. The first-order chi connectivity index (χ1) is 22.2. The number of benzene rings is 4. The molecule has 0 aliphatic carbocycles. The summed E-state index contributed by atoms with van der Waals surface area (Å²) in [5.41, 5.74) is 6.52. The first-order valence-corrected chi connectivity index (χ1v) is 19.3. The van der Waals surface area contributed by atoms with Crippen LogP contribution in [0.15, 0.2) is 93.5 Å². The molecule has 0 aromatic heterocycles. The van der Waals surface area contributed by atoms with Gasteiger partial charge in [0.15, 0.2) is 5.75 Å². The fourth-order valence-electron chi connectivity index (χ4n) is 4.10. The molecule has 0 radical (unpaired) electrons.